The van der Waals surface area contributed by atoms with Crippen LogP contribution in [0.2, 0.25) is 0 Å². The fourth-order valence-electron chi connectivity index (χ4n) is 2.46. The third-order valence-corrected chi connectivity index (χ3v) is 4.71. The monoisotopic (exact) mass is 289 g/mol. The molecule has 2 aromatic rings. The fourth-order valence-corrected chi connectivity index (χ4v) is 3.20. The van der Waals surface area contributed by atoms with Crippen LogP contribution in [0.5, 0.6) is 0 Å². The SMILES string of the molecule is Fc1ccc(CNCCCC2CC2)cc1-c1cccs1. The van der Waals surface area contributed by atoms with E-state index in [0.717, 1.165) is 35.0 Å². The Hall–Kier alpha value is -1.19. The third kappa shape index (κ3) is 3.68. The highest BCUT2D eigenvalue weighted by Crippen LogP contribution is 2.33. The zero-order valence-corrected chi connectivity index (χ0v) is 12.4. The molecule has 1 saturated carbocycles. The fraction of sp³-hybridized carbons (Fsp3) is 0.412. The first-order valence-corrected chi connectivity index (χ1v) is 8.24. The third-order valence-electron chi connectivity index (χ3n) is 3.81. The Morgan fingerprint density at radius 3 is 2.90 bits per heavy atom. The zero-order chi connectivity index (χ0) is 13.8. The van der Waals surface area contributed by atoms with Crippen molar-refractivity contribution in [3.05, 3.63) is 47.1 Å². The van der Waals surface area contributed by atoms with Crippen molar-refractivity contribution in [3.8, 4) is 10.4 Å². The highest BCUT2D eigenvalue weighted by Gasteiger charge is 2.19. The molecule has 1 aromatic carbocycles. The summed E-state index contributed by atoms with van der Waals surface area (Å²) in [6.07, 6.45) is 5.48. The van der Waals surface area contributed by atoms with Gasteiger partial charge in [0.2, 0.25) is 0 Å². The van der Waals surface area contributed by atoms with Gasteiger partial charge in [-0.25, -0.2) is 4.39 Å². The standard InChI is InChI=1S/C17H20FNS/c18-16-8-7-14(11-15(16)17-4-2-10-20-17)12-19-9-1-3-13-5-6-13/h2,4,7-8,10-11,13,19H,1,3,5-6,9,12H2. The summed E-state index contributed by atoms with van der Waals surface area (Å²) in [4.78, 5) is 0.998. The van der Waals surface area contributed by atoms with E-state index >= 15 is 0 Å². The number of hydrogen-bond acceptors (Lipinski definition) is 2. The molecule has 1 N–H and O–H groups in total. The van der Waals surface area contributed by atoms with Gasteiger partial charge >= 0.3 is 0 Å². The number of nitrogens with one attached hydrogen (secondary N) is 1. The molecular formula is C17H20FNS. The molecule has 1 heterocycles. The highest BCUT2D eigenvalue weighted by atomic mass is 32.1. The van der Waals surface area contributed by atoms with Gasteiger partial charge in [0.1, 0.15) is 5.82 Å². The van der Waals surface area contributed by atoms with Gasteiger partial charge in [0.05, 0.1) is 0 Å². The average molecular weight is 289 g/mol. The van der Waals surface area contributed by atoms with Gasteiger partial charge in [-0.05, 0) is 54.4 Å². The van der Waals surface area contributed by atoms with Crippen molar-refractivity contribution in [1.29, 1.82) is 0 Å². The van der Waals surface area contributed by atoms with Crippen molar-refractivity contribution in [2.45, 2.75) is 32.2 Å². The largest absolute Gasteiger partial charge is 0.313 e. The lowest BCUT2D eigenvalue weighted by Crippen LogP contribution is -2.14. The van der Waals surface area contributed by atoms with Gasteiger partial charge in [0, 0.05) is 17.0 Å². The van der Waals surface area contributed by atoms with Crippen molar-refractivity contribution >= 4 is 11.3 Å². The Bertz CT molecular complexity index is 546. The van der Waals surface area contributed by atoms with E-state index in [4.69, 9.17) is 0 Å². The molecule has 1 aliphatic carbocycles. The van der Waals surface area contributed by atoms with Crippen molar-refractivity contribution < 1.29 is 4.39 Å². The summed E-state index contributed by atoms with van der Waals surface area (Å²) in [5, 5.41) is 5.44. The minimum absolute atomic E-state index is 0.134. The lowest BCUT2D eigenvalue weighted by molar-refractivity contribution is 0.592. The van der Waals surface area contributed by atoms with Crippen molar-refractivity contribution in [2.24, 2.45) is 5.92 Å². The van der Waals surface area contributed by atoms with Gasteiger partial charge in [-0.3, -0.25) is 0 Å². The molecule has 1 nitrogen and oxygen atoms in total. The Kier molecular flexibility index (Phi) is 4.48. The van der Waals surface area contributed by atoms with Crippen LogP contribution in [0, 0.1) is 11.7 Å². The molecule has 1 aliphatic rings. The molecular weight excluding hydrogens is 269 g/mol. The van der Waals surface area contributed by atoms with E-state index in [2.05, 4.69) is 5.32 Å². The molecule has 0 atom stereocenters. The maximum Gasteiger partial charge on any atom is 0.131 e. The van der Waals surface area contributed by atoms with Gasteiger partial charge in [0.15, 0.2) is 0 Å². The Labute approximate surface area is 123 Å². The van der Waals surface area contributed by atoms with E-state index in [1.807, 2.05) is 29.6 Å². The predicted molar refractivity (Wildman–Crippen MR) is 83.4 cm³/mol. The molecule has 1 aromatic heterocycles. The molecule has 0 aliphatic heterocycles. The molecule has 0 radical (unpaired) electrons. The van der Waals surface area contributed by atoms with E-state index in [1.165, 1.54) is 25.7 Å². The van der Waals surface area contributed by atoms with Crippen molar-refractivity contribution in [2.75, 3.05) is 6.54 Å². The van der Waals surface area contributed by atoms with E-state index in [0.29, 0.717) is 0 Å². The predicted octanol–water partition coefficient (Wildman–Crippen LogP) is 4.83. The van der Waals surface area contributed by atoms with Crippen LogP contribution in [0.3, 0.4) is 0 Å². The van der Waals surface area contributed by atoms with Crippen LogP contribution in [0.1, 0.15) is 31.2 Å². The van der Waals surface area contributed by atoms with Crippen LogP contribution >= 0.6 is 11.3 Å². The van der Waals surface area contributed by atoms with Gasteiger partial charge in [-0.1, -0.05) is 25.0 Å². The highest BCUT2D eigenvalue weighted by molar-refractivity contribution is 7.13. The van der Waals surface area contributed by atoms with E-state index < -0.39 is 0 Å². The van der Waals surface area contributed by atoms with Crippen LogP contribution in [0.25, 0.3) is 10.4 Å². The van der Waals surface area contributed by atoms with Gasteiger partial charge in [0.25, 0.3) is 0 Å². The second-order valence-corrected chi connectivity index (χ2v) is 6.50. The number of thiophene rings is 1. The Morgan fingerprint density at radius 1 is 1.25 bits per heavy atom. The second kappa shape index (κ2) is 6.51. The van der Waals surface area contributed by atoms with Gasteiger partial charge < -0.3 is 5.32 Å². The summed E-state index contributed by atoms with van der Waals surface area (Å²) < 4.78 is 13.9. The zero-order valence-electron chi connectivity index (χ0n) is 11.6. The number of halogens is 1. The topological polar surface area (TPSA) is 12.0 Å². The molecule has 3 rings (SSSR count). The maximum atomic E-state index is 13.9. The van der Waals surface area contributed by atoms with E-state index in [1.54, 1.807) is 17.4 Å². The number of hydrogen-bond donors (Lipinski definition) is 1. The molecule has 0 amide bonds. The minimum Gasteiger partial charge on any atom is -0.313 e. The van der Waals surface area contributed by atoms with Crippen molar-refractivity contribution in [3.63, 3.8) is 0 Å². The molecule has 106 valence electrons. The van der Waals surface area contributed by atoms with E-state index in [9.17, 15) is 4.39 Å². The van der Waals surface area contributed by atoms with Crippen molar-refractivity contribution in [1.82, 2.24) is 5.32 Å². The first-order chi connectivity index (χ1) is 9.83. The molecule has 3 heteroatoms. The van der Waals surface area contributed by atoms with Gasteiger partial charge in [-0.2, -0.15) is 0 Å². The van der Waals surface area contributed by atoms with Crippen LogP contribution < -0.4 is 5.32 Å². The first-order valence-electron chi connectivity index (χ1n) is 7.36. The van der Waals surface area contributed by atoms with Crippen LogP contribution in [-0.4, -0.2) is 6.54 Å². The van der Waals surface area contributed by atoms with Crippen LogP contribution in [0.15, 0.2) is 35.7 Å². The number of benzene rings is 1. The van der Waals surface area contributed by atoms with Gasteiger partial charge in [-0.15, -0.1) is 11.3 Å². The summed E-state index contributed by atoms with van der Waals surface area (Å²) in [6, 6.07) is 9.35. The summed E-state index contributed by atoms with van der Waals surface area (Å²) in [6.45, 7) is 1.88. The maximum absolute atomic E-state index is 13.9. The average Bonchev–Trinajstić information content (AvgIpc) is 3.12. The first kappa shape index (κ1) is 13.8. The van der Waals surface area contributed by atoms with Crippen LogP contribution in [-0.2, 0) is 6.54 Å². The Balaban J connectivity index is 1.55. The normalized spacial score (nSPS) is 14.7. The smallest absolute Gasteiger partial charge is 0.131 e. The minimum atomic E-state index is -0.134. The van der Waals surface area contributed by atoms with Crippen LogP contribution in [0.4, 0.5) is 4.39 Å². The summed E-state index contributed by atoms with van der Waals surface area (Å²) in [5.74, 6) is 0.873. The quantitative estimate of drug-likeness (QED) is 0.720. The summed E-state index contributed by atoms with van der Waals surface area (Å²) in [7, 11) is 0. The second-order valence-electron chi connectivity index (χ2n) is 5.55. The molecule has 0 spiro atoms. The molecule has 1 fully saturated rings. The lowest BCUT2D eigenvalue weighted by atomic mass is 10.1. The molecule has 20 heavy (non-hydrogen) atoms. The Morgan fingerprint density at radius 2 is 2.15 bits per heavy atom. The number of rotatable bonds is 7. The summed E-state index contributed by atoms with van der Waals surface area (Å²) >= 11 is 1.58. The van der Waals surface area contributed by atoms with E-state index in [-0.39, 0.29) is 5.82 Å². The molecule has 0 saturated heterocycles. The molecule has 0 bridgehead atoms. The molecule has 0 unspecified atom stereocenters. The summed E-state index contributed by atoms with van der Waals surface area (Å²) in [5.41, 5.74) is 1.87. The lowest BCUT2D eigenvalue weighted by Gasteiger charge is -2.07.